The van der Waals surface area contributed by atoms with E-state index in [2.05, 4.69) is 15.0 Å². The van der Waals surface area contributed by atoms with Gasteiger partial charge < -0.3 is 9.84 Å². The van der Waals surface area contributed by atoms with Crippen molar-refractivity contribution in [3.63, 3.8) is 0 Å². The van der Waals surface area contributed by atoms with Crippen molar-refractivity contribution in [2.75, 3.05) is 7.11 Å². The van der Waals surface area contributed by atoms with Crippen LogP contribution in [0.25, 0.3) is 33.3 Å². The van der Waals surface area contributed by atoms with Gasteiger partial charge in [-0.1, -0.05) is 0 Å². The van der Waals surface area contributed by atoms with Crippen LogP contribution in [0.5, 0.6) is 6.01 Å². The molecule has 154 valence electrons. The summed E-state index contributed by atoms with van der Waals surface area (Å²) in [4.78, 5) is 30.8. The SMILES string of the molecule is COc1ncc(-c2ccc3ncc4c(c3n2)n(C2CCC(O)CC2)c(=O)n4C)cn1. The van der Waals surface area contributed by atoms with Gasteiger partial charge in [0.1, 0.15) is 5.52 Å². The van der Waals surface area contributed by atoms with E-state index in [1.807, 2.05) is 16.7 Å². The van der Waals surface area contributed by atoms with Crippen LogP contribution < -0.4 is 10.4 Å². The van der Waals surface area contributed by atoms with Gasteiger partial charge in [-0.25, -0.2) is 19.7 Å². The number of aryl methyl sites for hydroxylation is 1. The van der Waals surface area contributed by atoms with Gasteiger partial charge in [-0.15, -0.1) is 0 Å². The average Bonchev–Trinajstić information content (AvgIpc) is 3.05. The molecule has 4 aromatic rings. The lowest BCUT2D eigenvalue weighted by molar-refractivity contribution is 0.111. The third-order valence-corrected chi connectivity index (χ3v) is 5.90. The Morgan fingerprint density at radius 2 is 1.80 bits per heavy atom. The highest BCUT2D eigenvalue weighted by atomic mass is 16.5. The molecule has 5 rings (SSSR count). The number of imidazole rings is 1. The number of hydrogen-bond donors (Lipinski definition) is 1. The summed E-state index contributed by atoms with van der Waals surface area (Å²) in [6.07, 6.45) is 7.67. The Kier molecular flexibility index (Phi) is 4.47. The van der Waals surface area contributed by atoms with Crippen LogP contribution in [0.3, 0.4) is 0 Å². The molecule has 1 aliphatic rings. The first-order valence-electron chi connectivity index (χ1n) is 9.98. The zero-order chi connectivity index (χ0) is 20.8. The van der Waals surface area contributed by atoms with Crippen LogP contribution >= 0.6 is 0 Å². The van der Waals surface area contributed by atoms with Gasteiger partial charge in [0.2, 0.25) is 0 Å². The van der Waals surface area contributed by atoms with E-state index in [4.69, 9.17) is 9.72 Å². The summed E-state index contributed by atoms with van der Waals surface area (Å²) in [5, 5.41) is 9.90. The molecule has 1 N–H and O–H groups in total. The quantitative estimate of drug-likeness (QED) is 0.556. The fraction of sp³-hybridized carbons (Fsp3) is 0.381. The molecule has 9 heteroatoms. The molecule has 0 unspecified atom stereocenters. The number of methoxy groups -OCH3 is 1. The summed E-state index contributed by atoms with van der Waals surface area (Å²) in [7, 11) is 3.28. The van der Waals surface area contributed by atoms with E-state index in [9.17, 15) is 9.90 Å². The molecule has 0 aromatic carbocycles. The Morgan fingerprint density at radius 3 is 2.50 bits per heavy atom. The van der Waals surface area contributed by atoms with E-state index in [1.54, 1.807) is 30.2 Å². The summed E-state index contributed by atoms with van der Waals surface area (Å²) < 4.78 is 8.49. The Hall–Kier alpha value is -3.33. The number of aliphatic hydroxyl groups excluding tert-OH is 1. The van der Waals surface area contributed by atoms with Gasteiger partial charge in [-0.05, 0) is 37.8 Å². The zero-order valence-electron chi connectivity index (χ0n) is 16.8. The molecule has 0 radical (unpaired) electrons. The topological polar surface area (TPSA) is 108 Å². The van der Waals surface area contributed by atoms with Crippen molar-refractivity contribution in [1.29, 1.82) is 0 Å². The van der Waals surface area contributed by atoms with Crippen LogP contribution in [0.1, 0.15) is 31.7 Å². The molecule has 0 aliphatic heterocycles. The molecule has 1 fully saturated rings. The second-order valence-corrected chi connectivity index (χ2v) is 7.69. The maximum atomic E-state index is 13.1. The maximum Gasteiger partial charge on any atom is 0.329 e. The maximum absolute atomic E-state index is 13.1. The highest BCUT2D eigenvalue weighted by molar-refractivity contribution is 6.00. The number of pyridine rings is 2. The van der Waals surface area contributed by atoms with Gasteiger partial charge in [0, 0.05) is 31.0 Å². The molecule has 0 atom stereocenters. The van der Waals surface area contributed by atoms with Gasteiger partial charge in [-0.3, -0.25) is 14.1 Å². The normalized spacial score (nSPS) is 19.4. The number of rotatable bonds is 3. The summed E-state index contributed by atoms with van der Waals surface area (Å²) >= 11 is 0. The van der Waals surface area contributed by atoms with Crippen LogP contribution in [0, 0.1) is 0 Å². The minimum Gasteiger partial charge on any atom is -0.467 e. The Bertz CT molecular complexity index is 1290. The first kappa shape index (κ1) is 18.7. The molecule has 0 spiro atoms. The van der Waals surface area contributed by atoms with Crippen molar-refractivity contribution >= 4 is 22.1 Å². The summed E-state index contributed by atoms with van der Waals surface area (Å²) in [5.41, 5.74) is 4.28. The summed E-state index contributed by atoms with van der Waals surface area (Å²) in [5.74, 6) is 0. The van der Waals surface area contributed by atoms with Crippen molar-refractivity contribution in [1.82, 2.24) is 29.1 Å². The largest absolute Gasteiger partial charge is 0.467 e. The second-order valence-electron chi connectivity index (χ2n) is 7.69. The van der Waals surface area contributed by atoms with Crippen LogP contribution in [0.2, 0.25) is 0 Å². The van der Waals surface area contributed by atoms with E-state index >= 15 is 0 Å². The first-order valence-corrected chi connectivity index (χ1v) is 9.98. The van der Waals surface area contributed by atoms with E-state index in [0.29, 0.717) is 30.1 Å². The second kappa shape index (κ2) is 7.17. The molecule has 30 heavy (non-hydrogen) atoms. The van der Waals surface area contributed by atoms with E-state index in [-0.39, 0.29) is 17.8 Å². The number of nitrogens with zero attached hydrogens (tertiary/aromatic N) is 6. The third kappa shape index (κ3) is 2.93. The summed E-state index contributed by atoms with van der Waals surface area (Å²) in [6.45, 7) is 0. The zero-order valence-corrected chi connectivity index (χ0v) is 16.8. The van der Waals surface area contributed by atoms with E-state index in [0.717, 1.165) is 35.0 Å². The van der Waals surface area contributed by atoms with Gasteiger partial charge >= 0.3 is 11.7 Å². The molecular weight excluding hydrogens is 384 g/mol. The molecular formula is C21H22N6O3. The minimum atomic E-state index is -0.287. The smallest absolute Gasteiger partial charge is 0.329 e. The first-order chi connectivity index (χ1) is 14.6. The average molecular weight is 406 g/mol. The van der Waals surface area contributed by atoms with E-state index < -0.39 is 0 Å². The lowest BCUT2D eigenvalue weighted by atomic mass is 9.93. The number of aliphatic hydroxyl groups is 1. The molecule has 0 bridgehead atoms. The van der Waals surface area contributed by atoms with Crippen LogP contribution in [0.4, 0.5) is 0 Å². The van der Waals surface area contributed by atoms with Crippen molar-refractivity contribution in [2.45, 2.75) is 37.8 Å². The van der Waals surface area contributed by atoms with Crippen molar-refractivity contribution in [3.05, 3.63) is 41.2 Å². The van der Waals surface area contributed by atoms with Crippen LogP contribution in [-0.2, 0) is 7.05 Å². The Morgan fingerprint density at radius 1 is 1.07 bits per heavy atom. The number of hydrogen-bond acceptors (Lipinski definition) is 7. The van der Waals surface area contributed by atoms with E-state index in [1.165, 1.54) is 7.11 Å². The van der Waals surface area contributed by atoms with Crippen molar-refractivity contribution in [2.24, 2.45) is 7.05 Å². The lowest BCUT2D eigenvalue weighted by Crippen LogP contribution is -2.29. The molecule has 1 saturated carbocycles. The fourth-order valence-electron chi connectivity index (χ4n) is 4.26. The Labute approximate surface area is 172 Å². The number of aromatic nitrogens is 6. The predicted octanol–water partition coefficient (Wildman–Crippen LogP) is 2.22. The van der Waals surface area contributed by atoms with Crippen LogP contribution in [-0.4, -0.2) is 47.4 Å². The third-order valence-electron chi connectivity index (χ3n) is 5.90. The molecule has 4 aromatic heterocycles. The molecule has 4 heterocycles. The molecule has 0 amide bonds. The Balaban J connectivity index is 1.73. The summed E-state index contributed by atoms with van der Waals surface area (Å²) in [6, 6.07) is 4.09. The molecule has 9 nitrogen and oxygen atoms in total. The van der Waals surface area contributed by atoms with Crippen molar-refractivity contribution in [3.8, 4) is 17.3 Å². The fourth-order valence-corrected chi connectivity index (χ4v) is 4.26. The molecule has 0 saturated heterocycles. The van der Waals surface area contributed by atoms with Gasteiger partial charge in [0.15, 0.2) is 0 Å². The van der Waals surface area contributed by atoms with Crippen molar-refractivity contribution < 1.29 is 9.84 Å². The van der Waals surface area contributed by atoms with Crippen LogP contribution in [0.15, 0.2) is 35.5 Å². The van der Waals surface area contributed by atoms with Gasteiger partial charge in [0.25, 0.3) is 0 Å². The lowest BCUT2D eigenvalue weighted by Gasteiger charge is -2.26. The van der Waals surface area contributed by atoms with Gasteiger partial charge in [-0.2, -0.15) is 0 Å². The highest BCUT2D eigenvalue weighted by Crippen LogP contribution is 2.32. The highest BCUT2D eigenvalue weighted by Gasteiger charge is 2.26. The minimum absolute atomic E-state index is 0.0324. The molecule has 1 aliphatic carbocycles. The number of fused-ring (bicyclic) bond motifs is 3. The number of ether oxygens (including phenoxy) is 1. The van der Waals surface area contributed by atoms with Gasteiger partial charge in [0.05, 0.1) is 41.7 Å². The standard InChI is InChI=1S/C21H22N6O3/c1-26-17-11-22-16-8-7-15(12-9-23-20(30-2)24-10-12)25-18(16)19(17)27(21(26)29)13-3-5-14(28)6-4-13/h7-11,13-14,28H,3-6H2,1-2H3. The predicted molar refractivity (Wildman–Crippen MR) is 111 cm³/mol. The monoisotopic (exact) mass is 406 g/mol.